The highest BCUT2D eigenvalue weighted by molar-refractivity contribution is 7.14. The number of hydrogen-bond donors (Lipinski definition) is 0. The molecule has 0 spiro atoms. The molecule has 14 heavy (non-hydrogen) atoms. The number of carbonyl (C=O) groups excluding carboxylic acids is 1. The second kappa shape index (κ2) is 3.69. The Morgan fingerprint density at radius 3 is 2.50 bits per heavy atom. The van der Waals surface area contributed by atoms with Gasteiger partial charge in [-0.2, -0.15) is 0 Å². The second-order valence-electron chi connectivity index (χ2n) is 4.33. The third kappa shape index (κ3) is 1.54. The molecular weight excluding hydrogens is 188 g/mol. The van der Waals surface area contributed by atoms with Crippen molar-refractivity contribution in [3.8, 4) is 0 Å². The zero-order chi connectivity index (χ0) is 10.0. The minimum atomic E-state index is -1.75. The van der Waals surface area contributed by atoms with E-state index in [1.54, 1.807) is 0 Å². The van der Waals surface area contributed by atoms with Gasteiger partial charge in [0.05, 0.1) is 0 Å². The zero-order valence-electron chi connectivity index (χ0n) is 8.62. The average Bonchev–Trinajstić information content (AvgIpc) is 2.24. The summed E-state index contributed by atoms with van der Waals surface area (Å²) in [4.78, 5) is 12.0. The van der Waals surface area contributed by atoms with Gasteiger partial charge in [-0.05, 0) is 12.5 Å². The van der Waals surface area contributed by atoms with Crippen LogP contribution in [0.1, 0.15) is 19.3 Å². The minimum absolute atomic E-state index is 0.551. The van der Waals surface area contributed by atoms with Crippen LogP contribution in [0.2, 0.25) is 12.6 Å². The zero-order valence-corrected chi connectivity index (χ0v) is 9.62. The van der Waals surface area contributed by atoms with Crippen LogP contribution in [0.5, 0.6) is 0 Å². The van der Waals surface area contributed by atoms with Crippen molar-refractivity contribution < 1.29 is 4.79 Å². The Balaban J connectivity index is 2.35. The lowest BCUT2D eigenvalue weighted by atomic mass is 10.2. The molecule has 1 aromatic rings. The fourth-order valence-corrected chi connectivity index (χ4v) is 5.79. The summed E-state index contributed by atoms with van der Waals surface area (Å²) < 4.78 is 0. The van der Waals surface area contributed by atoms with E-state index in [9.17, 15) is 4.79 Å². The summed E-state index contributed by atoms with van der Waals surface area (Å²) in [6.07, 6.45) is 3.16. The van der Waals surface area contributed by atoms with E-state index in [0.717, 1.165) is 18.9 Å². The van der Waals surface area contributed by atoms with Crippen LogP contribution in [0.3, 0.4) is 0 Å². The number of carbonyl (C=O) groups is 1. The maximum atomic E-state index is 12.0. The van der Waals surface area contributed by atoms with Gasteiger partial charge in [0, 0.05) is 6.42 Å². The number of hydrogen-bond acceptors (Lipinski definition) is 1. The maximum Gasteiger partial charge on any atom is 0.160 e. The van der Waals surface area contributed by atoms with Crippen molar-refractivity contribution in [2.45, 2.75) is 31.9 Å². The molecule has 2 rings (SSSR count). The number of benzene rings is 1. The Labute approximate surface area is 86.2 Å². The molecule has 1 aliphatic rings. The highest BCUT2D eigenvalue weighted by atomic mass is 28.3. The van der Waals surface area contributed by atoms with Crippen LogP contribution >= 0.6 is 0 Å². The van der Waals surface area contributed by atoms with Crippen LogP contribution < -0.4 is 5.19 Å². The third-order valence-electron chi connectivity index (χ3n) is 3.36. The minimum Gasteiger partial charge on any atom is -0.305 e. The van der Waals surface area contributed by atoms with Crippen molar-refractivity contribution >= 4 is 18.7 Å². The molecule has 1 aromatic carbocycles. The van der Waals surface area contributed by atoms with Gasteiger partial charge in [-0.25, -0.2) is 0 Å². The lowest BCUT2D eigenvalue weighted by Gasteiger charge is -2.30. The van der Waals surface area contributed by atoms with Crippen LogP contribution in [0, 0.1) is 0 Å². The summed E-state index contributed by atoms with van der Waals surface area (Å²) in [5.41, 5.74) is 0. The SMILES string of the molecule is C[Si@]1(c2ccccc2)CCCCC1=O. The van der Waals surface area contributed by atoms with E-state index in [0.29, 0.717) is 5.41 Å². The fraction of sp³-hybridized carbons (Fsp3) is 0.417. The van der Waals surface area contributed by atoms with Crippen molar-refractivity contribution in [2.75, 3.05) is 0 Å². The Hall–Kier alpha value is -0.893. The molecule has 0 saturated carbocycles. The molecular formula is C12H16OSi. The predicted molar refractivity (Wildman–Crippen MR) is 61.4 cm³/mol. The Morgan fingerprint density at radius 2 is 1.86 bits per heavy atom. The number of rotatable bonds is 1. The molecule has 74 valence electrons. The van der Waals surface area contributed by atoms with Crippen molar-refractivity contribution in [3.05, 3.63) is 30.3 Å². The molecule has 1 saturated heterocycles. The van der Waals surface area contributed by atoms with Gasteiger partial charge in [0.15, 0.2) is 8.07 Å². The van der Waals surface area contributed by atoms with Gasteiger partial charge in [-0.1, -0.05) is 48.5 Å². The molecule has 0 radical (unpaired) electrons. The van der Waals surface area contributed by atoms with E-state index < -0.39 is 8.07 Å². The van der Waals surface area contributed by atoms with Gasteiger partial charge < -0.3 is 4.79 Å². The van der Waals surface area contributed by atoms with Crippen LogP contribution in [0.15, 0.2) is 30.3 Å². The highest BCUT2D eigenvalue weighted by Crippen LogP contribution is 2.24. The summed E-state index contributed by atoms with van der Waals surface area (Å²) >= 11 is 0. The average molecular weight is 204 g/mol. The first kappa shape index (κ1) is 9.65. The first-order valence-electron chi connectivity index (χ1n) is 5.32. The second-order valence-corrected chi connectivity index (χ2v) is 8.63. The first-order valence-corrected chi connectivity index (χ1v) is 8.03. The summed E-state index contributed by atoms with van der Waals surface area (Å²) in [5.74, 6) is 0. The van der Waals surface area contributed by atoms with E-state index in [-0.39, 0.29) is 0 Å². The maximum absolute atomic E-state index is 12.0. The van der Waals surface area contributed by atoms with E-state index in [4.69, 9.17) is 0 Å². The molecule has 0 bridgehead atoms. The quantitative estimate of drug-likeness (QED) is 0.641. The monoisotopic (exact) mass is 204 g/mol. The molecule has 0 amide bonds. The molecule has 2 heteroatoms. The molecule has 1 aliphatic heterocycles. The fourth-order valence-electron chi connectivity index (χ4n) is 2.29. The topological polar surface area (TPSA) is 17.1 Å². The van der Waals surface area contributed by atoms with Gasteiger partial charge in [-0.3, -0.25) is 0 Å². The Kier molecular flexibility index (Phi) is 2.55. The van der Waals surface area contributed by atoms with E-state index in [1.165, 1.54) is 11.6 Å². The van der Waals surface area contributed by atoms with Crippen LogP contribution in [-0.4, -0.2) is 13.5 Å². The molecule has 1 heterocycles. The van der Waals surface area contributed by atoms with E-state index >= 15 is 0 Å². The lowest BCUT2D eigenvalue weighted by Crippen LogP contribution is -2.54. The van der Waals surface area contributed by atoms with Crippen molar-refractivity contribution in [3.63, 3.8) is 0 Å². The molecule has 0 aromatic heterocycles. The van der Waals surface area contributed by atoms with Gasteiger partial charge >= 0.3 is 0 Å². The smallest absolute Gasteiger partial charge is 0.160 e. The Morgan fingerprint density at radius 1 is 1.14 bits per heavy atom. The van der Waals surface area contributed by atoms with Gasteiger partial charge in [-0.15, -0.1) is 0 Å². The van der Waals surface area contributed by atoms with E-state index in [1.807, 2.05) is 6.07 Å². The first-order chi connectivity index (χ1) is 6.73. The normalized spacial score (nSPS) is 27.6. The molecule has 0 N–H and O–H groups in total. The molecule has 1 nitrogen and oxygen atoms in total. The molecule has 0 aliphatic carbocycles. The Bertz CT molecular complexity index is 333. The van der Waals surface area contributed by atoms with Crippen molar-refractivity contribution in [2.24, 2.45) is 0 Å². The molecule has 0 unspecified atom stereocenters. The molecule has 1 atom stereocenters. The molecule has 1 fully saturated rings. The largest absolute Gasteiger partial charge is 0.305 e. The lowest BCUT2D eigenvalue weighted by molar-refractivity contribution is -0.113. The highest BCUT2D eigenvalue weighted by Gasteiger charge is 2.38. The summed E-state index contributed by atoms with van der Waals surface area (Å²) in [5, 5.41) is 1.87. The van der Waals surface area contributed by atoms with Crippen molar-refractivity contribution in [1.82, 2.24) is 0 Å². The third-order valence-corrected chi connectivity index (χ3v) is 7.80. The van der Waals surface area contributed by atoms with Crippen molar-refractivity contribution in [1.29, 1.82) is 0 Å². The van der Waals surface area contributed by atoms with Crippen LogP contribution in [-0.2, 0) is 4.79 Å². The van der Waals surface area contributed by atoms with Gasteiger partial charge in [0.25, 0.3) is 0 Å². The summed E-state index contributed by atoms with van der Waals surface area (Å²) in [7, 11) is -1.75. The predicted octanol–water partition coefficient (Wildman–Crippen LogP) is 2.26. The van der Waals surface area contributed by atoms with Crippen LogP contribution in [0.4, 0.5) is 0 Å². The van der Waals surface area contributed by atoms with E-state index in [2.05, 4.69) is 30.8 Å². The van der Waals surface area contributed by atoms with Crippen LogP contribution in [0.25, 0.3) is 0 Å². The van der Waals surface area contributed by atoms with Gasteiger partial charge in [0.1, 0.15) is 5.41 Å². The summed E-state index contributed by atoms with van der Waals surface area (Å²) in [6.45, 7) is 2.23. The standard InChI is InChI=1S/C12H16OSi/c1-14(10-6-5-9-12(14)13)11-7-3-2-4-8-11/h2-4,7-8H,5-6,9-10H2,1H3/t14-/m1/s1. The van der Waals surface area contributed by atoms with Gasteiger partial charge in [0.2, 0.25) is 0 Å². The summed E-state index contributed by atoms with van der Waals surface area (Å²) in [6, 6.07) is 11.5.